The molecule has 2 fully saturated rings. The molecule has 2 amide bonds. The lowest BCUT2D eigenvalue weighted by Crippen LogP contribution is -2.51. The van der Waals surface area contributed by atoms with E-state index in [-0.39, 0.29) is 18.2 Å². The number of amides is 2. The molecule has 0 aromatic heterocycles. The summed E-state index contributed by atoms with van der Waals surface area (Å²) in [7, 11) is 0. The van der Waals surface area contributed by atoms with E-state index in [9.17, 15) is 4.79 Å². The second kappa shape index (κ2) is 9.38. The van der Waals surface area contributed by atoms with Crippen molar-refractivity contribution in [3.8, 4) is 0 Å². The normalized spacial score (nSPS) is 24.8. The van der Waals surface area contributed by atoms with Crippen LogP contribution >= 0.6 is 0 Å². The standard InChI is InChI=1S/C21H33N3O2/c1-3-23-15-19(20(16-23)26-4-2)22-21(25)24-12-10-18(11-13-24)14-17-8-6-5-7-9-17/h5-9,18-20H,3-4,10-16H2,1-2H3,(H,22,25)/t19-,20-/m0/s1. The zero-order valence-electron chi connectivity index (χ0n) is 16.2. The molecule has 144 valence electrons. The quantitative estimate of drug-likeness (QED) is 0.849. The fourth-order valence-electron chi connectivity index (χ4n) is 4.17. The first-order valence-electron chi connectivity index (χ1n) is 10.1. The van der Waals surface area contributed by atoms with Crippen molar-refractivity contribution in [2.75, 3.05) is 39.3 Å². The van der Waals surface area contributed by atoms with Gasteiger partial charge in [-0.2, -0.15) is 0 Å². The van der Waals surface area contributed by atoms with Crippen molar-refractivity contribution >= 4 is 6.03 Å². The highest BCUT2D eigenvalue weighted by molar-refractivity contribution is 5.74. The Morgan fingerprint density at radius 2 is 1.88 bits per heavy atom. The van der Waals surface area contributed by atoms with Gasteiger partial charge < -0.3 is 15.0 Å². The van der Waals surface area contributed by atoms with Gasteiger partial charge >= 0.3 is 6.03 Å². The van der Waals surface area contributed by atoms with E-state index >= 15 is 0 Å². The summed E-state index contributed by atoms with van der Waals surface area (Å²) in [6.45, 7) is 9.38. The molecule has 5 heteroatoms. The number of urea groups is 1. The third-order valence-electron chi connectivity index (χ3n) is 5.75. The summed E-state index contributed by atoms with van der Waals surface area (Å²) < 4.78 is 5.84. The van der Waals surface area contributed by atoms with Crippen LogP contribution in [-0.2, 0) is 11.2 Å². The van der Waals surface area contributed by atoms with Crippen LogP contribution in [0.3, 0.4) is 0 Å². The number of hydrogen-bond donors (Lipinski definition) is 1. The zero-order chi connectivity index (χ0) is 18.4. The second-order valence-electron chi connectivity index (χ2n) is 7.52. The Hall–Kier alpha value is -1.59. The smallest absolute Gasteiger partial charge is 0.317 e. The van der Waals surface area contributed by atoms with Crippen LogP contribution < -0.4 is 5.32 Å². The predicted molar refractivity (Wildman–Crippen MR) is 104 cm³/mol. The van der Waals surface area contributed by atoms with Gasteiger partial charge in [0, 0.05) is 32.8 Å². The first-order chi connectivity index (χ1) is 12.7. The number of rotatable bonds is 6. The summed E-state index contributed by atoms with van der Waals surface area (Å²) in [6.07, 6.45) is 3.41. The van der Waals surface area contributed by atoms with Gasteiger partial charge in [0.15, 0.2) is 0 Å². The molecule has 2 aliphatic rings. The van der Waals surface area contributed by atoms with Gasteiger partial charge in [0.05, 0.1) is 12.1 Å². The molecule has 0 radical (unpaired) electrons. The average molecular weight is 360 g/mol. The summed E-state index contributed by atoms with van der Waals surface area (Å²) in [4.78, 5) is 17.0. The molecule has 5 nitrogen and oxygen atoms in total. The fraction of sp³-hybridized carbons (Fsp3) is 0.667. The van der Waals surface area contributed by atoms with E-state index in [1.807, 2.05) is 11.8 Å². The van der Waals surface area contributed by atoms with Gasteiger partial charge in [-0.25, -0.2) is 4.79 Å². The summed E-state index contributed by atoms with van der Waals surface area (Å²) in [5, 5.41) is 3.23. The maximum absolute atomic E-state index is 12.7. The fourth-order valence-corrected chi connectivity index (χ4v) is 4.17. The molecule has 26 heavy (non-hydrogen) atoms. The van der Waals surface area contributed by atoms with Gasteiger partial charge in [-0.3, -0.25) is 4.90 Å². The van der Waals surface area contributed by atoms with Crippen LogP contribution in [0, 0.1) is 5.92 Å². The van der Waals surface area contributed by atoms with Crippen molar-refractivity contribution in [2.24, 2.45) is 5.92 Å². The number of nitrogens with one attached hydrogen (secondary N) is 1. The Bertz CT molecular complexity index is 558. The molecule has 3 rings (SSSR count). The molecule has 1 aromatic carbocycles. The lowest BCUT2D eigenvalue weighted by Gasteiger charge is -2.33. The van der Waals surface area contributed by atoms with Crippen LogP contribution in [0.1, 0.15) is 32.3 Å². The van der Waals surface area contributed by atoms with E-state index in [1.165, 1.54) is 5.56 Å². The number of carbonyl (C=O) groups is 1. The van der Waals surface area contributed by atoms with Crippen molar-refractivity contribution in [1.82, 2.24) is 15.1 Å². The third kappa shape index (κ3) is 4.98. The Morgan fingerprint density at radius 3 is 2.54 bits per heavy atom. The minimum Gasteiger partial charge on any atom is -0.375 e. The number of likely N-dealkylation sites (tertiary alicyclic amines) is 2. The summed E-state index contributed by atoms with van der Waals surface area (Å²) in [5.74, 6) is 0.680. The van der Waals surface area contributed by atoms with Gasteiger partial charge in [-0.05, 0) is 44.2 Å². The predicted octanol–water partition coefficient (Wildman–Crippen LogP) is 2.76. The van der Waals surface area contributed by atoms with E-state index in [4.69, 9.17) is 4.74 Å². The maximum atomic E-state index is 12.7. The van der Waals surface area contributed by atoms with Crippen LogP contribution in [0.25, 0.3) is 0 Å². The van der Waals surface area contributed by atoms with Crippen molar-refractivity contribution in [2.45, 2.75) is 45.3 Å². The molecule has 2 heterocycles. The van der Waals surface area contributed by atoms with Crippen LogP contribution in [0.2, 0.25) is 0 Å². The third-order valence-corrected chi connectivity index (χ3v) is 5.75. The van der Waals surface area contributed by atoms with E-state index in [1.54, 1.807) is 0 Å². The number of hydrogen-bond acceptors (Lipinski definition) is 3. The van der Waals surface area contributed by atoms with E-state index < -0.39 is 0 Å². The topological polar surface area (TPSA) is 44.8 Å². The monoisotopic (exact) mass is 359 g/mol. The molecule has 2 aliphatic heterocycles. The summed E-state index contributed by atoms with van der Waals surface area (Å²) in [5.41, 5.74) is 1.40. The Labute approximate surface area is 157 Å². The number of piperidine rings is 1. The molecular formula is C21H33N3O2. The maximum Gasteiger partial charge on any atom is 0.317 e. The van der Waals surface area contributed by atoms with Crippen LogP contribution in [0.5, 0.6) is 0 Å². The van der Waals surface area contributed by atoms with Gasteiger partial charge in [-0.1, -0.05) is 37.3 Å². The highest BCUT2D eigenvalue weighted by atomic mass is 16.5. The van der Waals surface area contributed by atoms with E-state index in [2.05, 4.69) is 47.5 Å². The first kappa shape index (κ1) is 19.2. The summed E-state index contributed by atoms with van der Waals surface area (Å²) in [6, 6.07) is 10.9. The van der Waals surface area contributed by atoms with Crippen molar-refractivity contribution in [1.29, 1.82) is 0 Å². The Morgan fingerprint density at radius 1 is 1.15 bits per heavy atom. The van der Waals surface area contributed by atoms with E-state index in [0.29, 0.717) is 12.5 Å². The van der Waals surface area contributed by atoms with Crippen molar-refractivity contribution in [3.63, 3.8) is 0 Å². The Kier molecular flexibility index (Phi) is 6.92. The van der Waals surface area contributed by atoms with Crippen molar-refractivity contribution < 1.29 is 9.53 Å². The van der Waals surface area contributed by atoms with Gasteiger partial charge in [0.1, 0.15) is 0 Å². The van der Waals surface area contributed by atoms with Gasteiger partial charge in [0.25, 0.3) is 0 Å². The lowest BCUT2D eigenvalue weighted by atomic mass is 9.90. The van der Waals surface area contributed by atoms with Gasteiger partial charge in [0.2, 0.25) is 0 Å². The second-order valence-corrected chi connectivity index (χ2v) is 7.52. The molecule has 0 spiro atoms. The molecule has 0 bridgehead atoms. The van der Waals surface area contributed by atoms with Crippen molar-refractivity contribution in [3.05, 3.63) is 35.9 Å². The number of nitrogens with zero attached hydrogens (tertiary/aromatic N) is 2. The minimum atomic E-state index is 0.0795. The molecule has 2 saturated heterocycles. The SMILES string of the molecule is CCO[C@H]1CN(CC)C[C@@H]1NC(=O)N1CCC(Cc2ccccc2)CC1. The van der Waals surface area contributed by atoms with Crippen LogP contribution in [0.15, 0.2) is 30.3 Å². The average Bonchev–Trinajstić information content (AvgIpc) is 3.05. The van der Waals surface area contributed by atoms with Gasteiger partial charge in [-0.15, -0.1) is 0 Å². The van der Waals surface area contributed by atoms with E-state index in [0.717, 1.165) is 52.0 Å². The number of ether oxygens (including phenoxy) is 1. The molecule has 1 aromatic rings. The molecule has 1 N–H and O–H groups in total. The van der Waals surface area contributed by atoms with Crippen LogP contribution in [-0.4, -0.2) is 67.3 Å². The summed E-state index contributed by atoms with van der Waals surface area (Å²) >= 11 is 0. The molecule has 0 saturated carbocycles. The number of benzene rings is 1. The highest BCUT2D eigenvalue weighted by Gasteiger charge is 2.35. The molecular weight excluding hydrogens is 326 g/mol. The minimum absolute atomic E-state index is 0.0795. The zero-order valence-corrected chi connectivity index (χ0v) is 16.2. The Balaban J connectivity index is 1.46. The number of likely N-dealkylation sites (N-methyl/N-ethyl adjacent to an activating group) is 1. The molecule has 0 aliphatic carbocycles. The lowest BCUT2D eigenvalue weighted by molar-refractivity contribution is 0.0534. The number of carbonyl (C=O) groups excluding carboxylic acids is 1. The molecule has 2 atom stereocenters. The van der Waals surface area contributed by atoms with Crippen LogP contribution in [0.4, 0.5) is 4.79 Å². The highest BCUT2D eigenvalue weighted by Crippen LogP contribution is 2.22. The first-order valence-corrected chi connectivity index (χ1v) is 10.1. The molecule has 0 unspecified atom stereocenters. The largest absolute Gasteiger partial charge is 0.375 e.